The Kier molecular flexibility index (Phi) is 2.12. The van der Waals surface area contributed by atoms with E-state index in [1.807, 2.05) is 0 Å². The molecule has 0 amide bonds. The zero-order valence-electron chi connectivity index (χ0n) is 4.99. The molecule has 1 saturated carbocycles. The molecule has 1 aliphatic rings. The summed E-state index contributed by atoms with van der Waals surface area (Å²) in [5, 5.41) is 0. The lowest BCUT2D eigenvalue weighted by Gasteiger charge is -2.17. The first-order chi connectivity index (χ1) is 3.80. The van der Waals surface area contributed by atoms with Gasteiger partial charge in [0.2, 0.25) is 0 Å². The van der Waals surface area contributed by atoms with Crippen molar-refractivity contribution in [1.29, 1.82) is 0 Å². The molecule has 1 fully saturated rings. The maximum absolute atomic E-state index is 3.95. The molecular weight excluding hydrogens is 164 g/mol. The number of rotatable bonds is 0. The Bertz CT molecular complexity index is 96.6. The van der Waals surface area contributed by atoms with Gasteiger partial charge in [-0.15, -0.1) is 0 Å². The minimum atomic E-state index is 0.622. The highest BCUT2D eigenvalue weighted by atomic mass is 79.9. The summed E-state index contributed by atoms with van der Waals surface area (Å²) in [4.78, 5) is 0.622. The second kappa shape index (κ2) is 2.67. The van der Waals surface area contributed by atoms with Gasteiger partial charge >= 0.3 is 0 Å². The van der Waals surface area contributed by atoms with Crippen LogP contribution in [0.1, 0.15) is 25.7 Å². The summed E-state index contributed by atoms with van der Waals surface area (Å²) in [7, 11) is 0. The normalized spacial score (nSPS) is 30.6. The summed E-state index contributed by atoms with van der Waals surface area (Å²) < 4.78 is 0. The third-order valence-corrected chi connectivity index (χ3v) is 2.75. The van der Waals surface area contributed by atoms with Crippen molar-refractivity contribution in [1.82, 2.24) is 0 Å². The van der Waals surface area contributed by atoms with Gasteiger partial charge in [0.1, 0.15) is 0 Å². The van der Waals surface area contributed by atoms with Gasteiger partial charge in [0.25, 0.3) is 0 Å². The summed E-state index contributed by atoms with van der Waals surface area (Å²) in [6, 6.07) is 0. The van der Waals surface area contributed by atoms with Crippen molar-refractivity contribution >= 4 is 15.9 Å². The van der Waals surface area contributed by atoms with Crippen LogP contribution < -0.4 is 0 Å². The van der Waals surface area contributed by atoms with Crippen LogP contribution in [0, 0.1) is 0 Å². The highest BCUT2D eigenvalue weighted by molar-refractivity contribution is 9.09. The van der Waals surface area contributed by atoms with E-state index in [9.17, 15) is 0 Å². The Balaban J connectivity index is 2.39. The molecule has 0 saturated heterocycles. The fraction of sp³-hybridized carbons (Fsp3) is 0.714. The van der Waals surface area contributed by atoms with Gasteiger partial charge in [-0.25, -0.2) is 0 Å². The van der Waals surface area contributed by atoms with E-state index < -0.39 is 0 Å². The molecule has 0 aromatic heterocycles. The van der Waals surface area contributed by atoms with Crippen molar-refractivity contribution in [2.45, 2.75) is 30.5 Å². The Morgan fingerprint density at radius 1 is 1.50 bits per heavy atom. The van der Waals surface area contributed by atoms with E-state index in [1.165, 1.54) is 31.3 Å². The molecule has 0 aromatic carbocycles. The predicted octanol–water partition coefficient (Wildman–Crippen LogP) is 2.88. The number of allylic oxidation sites excluding steroid dienone is 1. The molecule has 0 N–H and O–H groups in total. The Morgan fingerprint density at radius 3 is 2.62 bits per heavy atom. The van der Waals surface area contributed by atoms with Crippen molar-refractivity contribution in [3.05, 3.63) is 12.2 Å². The van der Waals surface area contributed by atoms with Gasteiger partial charge < -0.3 is 0 Å². The number of alkyl halides is 1. The van der Waals surface area contributed by atoms with E-state index >= 15 is 0 Å². The third-order valence-electron chi connectivity index (χ3n) is 1.65. The molecule has 1 rings (SSSR count). The lowest BCUT2D eigenvalue weighted by molar-refractivity contribution is 0.616. The fourth-order valence-corrected chi connectivity index (χ4v) is 1.59. The minimum absolute atomic E-state index is 0.622. The number of hydrogen-bond acceptors (Lipinski definition) is 0. The highest BCUT2D eigenvalue weighted by Crippen LogP contribution is 2.27. The summed E-state index contributed by atoms with van der Waals surface area (Å²) in [6.07, 6.45) is 5.24. The SMILES string of the molecule is C=C1CCCCC1Br. The lowest BCUT2D eigenvalue weighted by atomic mass is 9.96. The van der Waals surface area contributed by atoms with Gasteiger partial charge in [-0.05, 0) is 19.3 Å². The van der Waals surface area contributed by atoms with Crippen LogP contribution in [-0.2, 0) is 0 Å². The monoisotopic (exact) mass is 174 g/mol. The molecule has 0 aromatic rings. The second-order valence-electron chi connectivity index (χ2n) is 2.37. The first kappa shape index (κ1) is 6.34. The molecule has 1 aliphatic carbocycles. The Morgan fingerprint density at radius 2 is 2.25 bits per heavy atom. The van der Waals surface area contributed by atoms with Crippen LogP contribution in [0.4, 0.5) is 0 Å². The van der Waals surface area contributed by atoms with Crippen LogP contribution in [0.2, 0.25) is 0 Å². The average Bonchev–Trinajstić information content (AvgIpc) is 1.77. The average molecular weight is 175 g/mol. The Hall–Kier alpha value is 0.220. The smallest absolute Gasteiger partial charge is 0.0352 e. The fourth-order valence-electron chi connectivity index (χ4n) is 1.04. The summed E-state index contributed by atoms with van der Waals surface area (Å²) in [5.41, 5.74) is 1.39. The van der Waals surface area contributed by atoms with Crippen molar-refractivity contribution in [2.75, 3.05) is 0 Å². The molecule has 46 valence electrons. The van der Waals surface area contributed by atoms with E-state index in [-0.39, 0.29) is 0 Å². The van der Waals surface area contributed by atoms with E-state index in [4.69, 9.17) is 0 Å². The molecule has 0 radical (unpaired) electrons. The molecule has 0 spiro atoms. The lowest BCUT2D eigenvalue weighted by Crippen LogP contribution is -2.06. The summed E-state index contributed by atoms with van der Waals surface area (Å²) in [5.74, 6) is 0. The van der Waals surface area contributed by atoms with Crippen LogP contribution in [0.15, 0.2) is 12.2 Å². The molecule has 0 bridgehead atoms. The second-order valence-corrected chi connectivity index (χ2v) is 3.48. The van der Waals surface area contributed by atoms with Crippen molar-refractivity contribution in [3.8, 4) is 0 Å². The van der Waals surface area contributed by atoms with Crippen LogP contribution >= 0.6 is 15.9 Å². The van der Waals surface area contributed by atoms with Gasteiger partial charge in [0, 0.05) is 4.83 Å². The van der Waals surface area contributed by atoms with Crippen molar-refractivity contribution in [2.24, 2.45) is 0 Å². The maximum Gasteiger partial charge on any atom is 0.0352 e. The van der Waals surface area contributed by atoms with Crippen molar-refractivity contribution in [3.63, 3.8) is 0 Å². The molecule has 1 atom stereocenters. The van der Waals surface area contributed by atoms with E-state index in [2.05, 4.69) is 22.5 Å². The number of halogens is 1. The van der Waals surface area contributed by atoms with Gasteiger partial charge in [-0.1, -0.05) is 34.5 Å². The topological polar surface area (TPSA) is 0 Å². The molecule has 8 heavy (non-hydrogen) atoms. The van der Waals surface area contributed by atoms with Crippen LogP contribution in [-0.4, -0.2) is 4.83 Å². The highest BCUT2D eigenvalue weighted by Gasteiger charge is 2.12. The zero-order valence-corrected chi connectivity index (χ0v) is 6.58. The largest absolute Gasteiger partial charge is 0.0987 e. The molecular formula is C7H11Br. The van der Waals surface area contributed by atoms with Crippen LogP contribution in [0.3, 0.4) is 0 Å². The Labute approximate surface area is 59.1 Å². The zero-order chi connectivity index (χ0) is 5.98. The van der Waals surface area contributed by atoms with Gasteiger partial charge in [-0.2, -0.15) is 0 Å². The summed E-state index contributed by atoms with van der Waals surface area (Å²) >= 11 is 3.55. The molecule has 0 aliphatic heterocycles. The molecule has 0 heterocycles. The summed E-state index contributed by atoms with van der Waals surface area (Å²) in [6.45, 7) is 3.95. The van der Waals surface area contributed by atoms with Gasteiger partial charge in [0.15, 0.2) is 0 Å². The first-order valence-corrected chi connectivity index (χ1v) is 4.04. The molecule has 1 unspecified atom stereocenters. The molecule has 1 heteroatoms. The van der Waals surface area contributed by atoms with Crippen LogP contribution in [0.5, 0.6) is 0 Å². The van der Waals surface area contributed by atoms with Crippen molar-refractivity contribution < 1.29 is 0 Å². The third kappa shape index (κ3) is 1.35. The quantitative estimate of drug-likeness (QED) is 0.392. The van der Waals surface area contributed by atoms with Crippen LogP contribution in [0.25, 0.3) is 0 Å². The maximum atomic E-state index is 3.95. The predicted molar refractivity (Wildman–Crippen MR) is 40.3 cm³/mol. The van der Waals surface area contributed by atoms with Gasteiger partial charge in [-0.3, -0.25) is 0 Å². The van der Waals surface area contributed by atoms with Gasteiger partial charge in [0.05, 0.1) is 0 Å². The van der Waals surface area contributed by atoms with E-state index in [1.54, 1.807) is 0 Å². The first-order valence-electron chi connectivity index (χ1n) is 3.12. The molecule has 0 nitrogen and oxygen atoms in total. The minimum Gasteiger partial charge on any atom is -0.0987 e. The number of hydrogen-bond donors (Lipinski definition) is 0. The van der Waals surface area contributed by atoms with E-state index in [0.29, 0.717) is 4.83 Å². The standard InChI is InChI=1S/C7H11Br/c1-6-4-2-3-5-7(6)8/h7H,1-5H2. The van der Waals surface area contributed by atoms with E-state index in [0.717, 1.165) is 0 Å².